The Bertz CT molecular complexity index is 1560. The minimum absolute atomic E-state index is 0.750. The minimum Gasteiger partial charge on any atom is -0.352 e. The van der Waals surface area contributed by atoms with Gasteiger partial charge in [0, 0.05) is 58.8 Å². The van der Waals surface area contributed by atoms with Crippen LogP contribution in [0.5, 0.6) is 0 Å². The molecule has 3 N–H and O–H groups in total. The third kappa shape index (κ3) is 3.59. The van der Waals surface area contributed by atoms with E-state index < -0.39 is 0 Å². The first kappa shape index (κ1) is 19.8. The summed E-state index contributed by atoms with van der Waals surface area (Å²) >= 11 is 1.68. The van der Waals surface area contributed by atoms with Crippen LogP contribution in [0.2, 0.25) is 0 Å². The SMILES string of the molecule is CCNCc1cncc(-c2cnc3[nH]nc(-c4cc5c(-c6ccsc6)cncc5[nH]4)c3c2)c1. The maximum absolute atomic E-state index is 4.62. The number of nitrogens with one attached hydrogen (secondary N) is 3. The lowest BCUT2D eigenvalue weighted by Gasteiger charge is -2.05. The van der Waals surface area contributed by atoms with Crippen molar-refractivity contribution in [1.82, 2.24) is 35.5 Å². The van der Waals surface area contributed by atoms with Crippen LogP contribution in [0, 0.1) is 0 Å². The third-order valence-corrected chi connectivity index (χ3v) is 6.44. The van der Waals surface area contributed by atoms with Gasteiger partial charge in [0.2, 0.25) is 0 Å². The highest BCUT2D eigenvalue weighted by Gasteiger charge is 2.15. The quantitative estimate of drug-likeness (QED) is 0.315. The number of thiophene rings is 1. The number of aromatic nitrogens is 6. The highest BCUT2D eigenvalue weighted by Crippen LogP contribution is 2.34. The van der Waals surface area contributed by atoms with E-state index in [9.17, 15) is 0 Å². The second-order valence-corrected chi connectivity index (χ2v) is 8.68. The third-order valence-electron chi connectivity index (χ3n) is 5.76. The average molecular weight is 452 g/mol. The van der Waals surface area contributed by atoms with Crippen LogP contribution in [0.25, 0.3) is 55.6 Å². The van der Waals surface area contributed by atoms with Crippen molar-refractivity contribution in [2.24, 2.45) is 0 Å². The lowest BCUT2D eigenvalue weighted by atomic mass is 10.1. The molecule has 0 saturated heterocycles. The number of H-pyrrole nitrogens is 2. The molecule has 0 fully saturated rings. The lowest BCUT2D eigenvalue weighted by Crippen LogP contribution is -2.11. The second-order valence-electron chi connectivity index (χ2n) is 7.90. The van der Waals surface area contributed by atoms with Crippen molar-refractivity contribution in [3.8, 4) is 33.6 Å². The Hall–Kier alpha value is -3.88. The molecule has 0 spiro atoms. The van der Waals surface area contributed by atoms with Gasteiger partial charge in [0.15, 0.2) is 5.65 Å². The highest BCUT2D eigenvalue weighted by atomic mass is 32.1. The standard InChI is InChI=1S/C25H21N7S/c1-2-26-8-15-5-17(10-27-9-15)18-6-20-24(31-32-25(20)29-11-18)22-7-19-21(16-3-4-33-14-16)12-28-13-23(19)30-22/h3-7,9-14,26,30H,2,8H2,1H3,(H,29,31,32). The first-order valence-electron chi connectivity index (χ1n) is 10.8. The molecule has 8 heteroatoms. The zero-order valence-corrected chi connectivity index (χ0v) is 18.8. The molecule has 0 atom stereocenters. The van der Waals surface area contributed by atoms with Gasteiger partial charge in [-0.1, -0.05) is 6.92 Å². The fourth-order valence-corrected chi connectivity index (χ4v) is 4.76. The number of nitrogens with zero attached hydrogens (tertiary/aromatic N) is 4. The van der Waals surface area contributed by atoms with Gasteiger partial charge < -0.3 is 10.3 Å². The molecular formula is C25H21N7S. The van der Waals surface area contributed by atoms with Crippen molar-refractivity contribution in [2.75, 3.05) is 6.54 Å². The summed E-state index contributed by atoms with van der Waals surface area (Å²) < 4.78 is 0. The van der Waals surface area contributed by atoms with Gasteiger partial charge in [0.1, 0.15) is 5.69 Å². The van der Waals surface area contributed by atoms with Crippen LogP contribution in [0.1, 0.15) is 12.5 Å². The van der Waals surface area contributed by atoms with E-state index in [0.717, 1.165) is 68.7 Å². The van der Waals surface area contributed by atoms with Gasteiger partial charge in [-0.2, -0.15) is 16.4 Å². The maximum Gasteiger partial charge on any atom is 0.155 e. The van der Waals surface area contributed by atoms with Crippen LogP contribution in [-0.4, -0.2) is 36.7 Å². The van der Waals surface area contributed by atoms with Gasteiger partial charge in [-0.15, -0.1) is 0 Å². The van der Waals surface area contributed by atoms with Gasteiger partial charge >= 0.3 is 0 Å². The molecule has 6 rings (SSSR count). The topological polar surface area (TPSA) is 95.2 Å². The first-order valence-corrected chi connectivity index (χ1v) is 11.7. The van der Waals surface area contributed by atoms with E-state index in [4.69, 9.17) is 0 Å². The molecule has 0 aliphatic heterocycles. The molecule has 6 heterocycles. The van der Waals surface area contributed by atoms with Crippen LogP contribution in [0.3, 0.4) is 0 Å². The molecule has 0 aliphatic rings. The molecule has 6 aromatic heterocycles. The molecule has 0 radical (unpaired) electrons. The van der Waals surface area contributed by atoms with Crippen LogP contribution in [-0.2, 0) is 6.54 Å². The molecule has 0 amide bonds. The monoisotopic (exact) mass is 451 g/mol. The van der Waals surface area contributed by atoms with Crippen molar-refractivity contribution >= 4 is 33.3 Å². The smallest absolute Gasteiger partial charge is 0.155 e. The van der Waals surface area contributed by atoms with Crippen molar-refractivity contribution in [3.05, 3.63) is 71.6 Å². The molecule has 0 bridgehead atoms. The lowest BCUT2D eigenvalue weighted by molar-refractivity contribution is 0.724. The first-order chi connectivity index (χ1) is 16.3. The highest BCUT2D eigenvalue weighted by molar-refractivity contribution is 7.08. The van der Waals surface area contributed by atoms with E-state index in [1.165, 1.54) is 5.56 Å². The Balaban J connectivity index is 1.44. The zero-order valence-electron chi connectivity index (χ0n) is 18.0. The van der Waals surface area contributed by atoms with E-state index in [1.807, 2.05) is 31.0 Å². The summed E-state index contributed by atoms with van der Waals surface area (Å²) in [6.07, 6.45) is 9.40. The summed E-state index contributed by atoms with van der Waals surface area (Å²) in [6, 6.07) is 8.54. The Morgan fingerprint density at radius 1 is 0.939 bits per heavy atom. The van der Waals surface area contributed by atoms with E-state index in [-0.39, 0.29) is 0 Å². The summed E-state index contributed by atoms with van der Waals surface area (Å²) in [5.74, 6) is 0. The van der Waals surface area contributed by atoms with Crippen LogP contribution in [0.4, 0.5) is 0 Å². The molecule has 0 unspecified atom stereocenters. The van der Waals surface area contributed by atoms with Gasteiger partial charge in [0.05, 0.1) is 17.4 Å². The number of hydrogen-bond donors (Lipinski definition) is 3. The zero-order chi connectivity index (χ0) is 22.2. The van der Waals surface area contributed by atoms with Crippen LogP contribution >= 0.6 is 11.3 Å². The molecule has 0 aliphatic carbocycles. The fraction of sp³-hybridized carbons (Fsp3) is 0.120. The fourth-order valence-electron chi connectivity index (χ4n) is 4.10. The Morgan fingerprint density at radius 2 is 1.85 bits per heavy atom. The summed E-state index contributed by atoms with van der Waals surface area (Å²) in [6.45, 7) is 3.81. The van der Waals surface area contributed by atoms with Gasteiger partial charge in [-0.05, 0) is 52.7 Å². The number of rotatable bonds is 6. The van der Waals surface area contributed by atoms with Crippen molar-refractivity contribution in [1.29, 1.82) is 0 Å². The Morgan fingerprint density at radius 3 is 2.73 bits per heavy atom. The summed E-state index contributed by atoms with van der Waals surface area (Å²) in [4.78, 5) is 17.0. The molecule has 33 heavy (non-hydrogen) atoms. The Labute approximate surface area is 194 Å². The van der Waals surface area contributed by atoms with Crippen molar-refractivity contribution in [3.63, 3.8) is 0 Å². The van der Waals surface area contributed by atoms with Gasteiger partial charge in [-0.3, -0.25) is 15.1 Å². The molecule has 162 valence electrons. The summed E-state index contributed by atoms with van der Waals surface area (Å²) in [7, 11) is 0. The van der Waals surface area contributed by atoms with Crippen LogP contribution < -0.4 is 5.32 Å². The molecule has 6 aromatic rings. The van der Waals surface area contributed by atoms with E-state index in [2.05, 4.69) is 77.4 Å². The number of hydrogen-bond acceptors (Lipinski definition) is 6. The largest absolute Gasteiger partial charge is 0.352 e. The van der Waals surface area contributed by atoms with Gasteiger partial charge in [0.25, 0.3) is 0 Å². The van der Waals surface area contributed by atoms with Crippen molar-refractivity contribution < 1.29 is 0 Å². The summed E-state index contributed by atoms with van der Waals surface area (Å²) in [5.41, 5.74) is 8.96. The number of fused-ring (bicyclic) bond motifs is 2. The molecule has 0 saturated carbocycles. The predicted octanol–water partition coefficient (Wildman–Crippen LogP) is 5.40. The maximum atomic E-state index is 4.62. The van der Waals surface area contributed by atoms with Crippen LogP contribution in [0.15, 0.2) is 66.0 Å². The number of pyridine rings is 3. The average Bonchev–Trinajstić information content (AvgIpc) is 3.61. The number of aromatic amines is 2. The summed E-state index contributed by atoms with van der Waals surface area (Å²) in [5, 5.41) is 17.3. The normalized spacial score (nSPS) is 11.5. The predicted molar refractivity (Wildman–Crippen MR) is 133 cm³/mol. The molecule has 7 nitrogen and oxygen atoms in total. The molecule has 0 aromatic carbocycles. The second kappa shape index (κ2) is 8.23. The van der Waals surface area contributed by atoms with Gasteiger partial charge in [-0.25, -0.2) is 4.98 Å². The Kier molecular flexibility index (Phi) is 4.93. The van der Waals surface area contributed by atoms with Crippen molar-refractivity contribution in [2.45, 2.75) is 13.5 Å². The van der Waals surface area contributed by atoms with E-state index >= 15 is 0 Å². The minimum atomic E-state index is 0.750. The van der Waals surface area contributed by atoms with E-state index in [0.29, 0.717) is 0 Å². The molecular weight excluding hydrogens is 430 g/mol. The van der Waals surface area contributed by atoms with E-state index in [1.54, 1.807) is 11.3 Å².